The number of aromatic hydroxyl groups is 1. The summed E-state index contributed by atoms with van der Waals surface area (Å²) in [6.45, 7) is 10.4. The van der Waals surface area contributed by atoms with Gasteiger partial charge in [-0.25, -0.2) is 4.98 Å². The van der Waals surface area contributed by atoms with Crippen LogP contribution in [0.1, 0.15) is 48.0 Å². The Morgan fingerprint density at radius 2 is 1.79 bits per heavy atom. The molecule has 0 radical (unpaired) electrons. The third kappa shape index (κ3) is 3.50. The highest BCUT2D eigenvalue weighted by atomic mass is 16.5. The van der Waals surface area contributed by atoms with Crippen molar-refractivity contribution in [2.45, 2.75) is 40.0 Å². The summed E-state index contributed by atoms with van der Waals surface area (Å²) in [6.07, 6.45) is 1.43. The number of hydrogen-bond donors (Lipinski definition) is 2. The molecule has 5 heteroatoms. The Kier molecular flexibility index (Phi) is 4.83. The number of pyridine rings is 1. The molecule has 0 saturated carbocycles. The van der Waals surface area contributed by atoms with E-state index in [1.807, 2.05) is 13.8 Å². The number of nitrogens with one attached hydrogen (secondary N) is 1. The lowest BCUT2D eigenvalue weighted by molar-refractivity contribution is 0.101. The van der Waals surface area contributed by atoms with E-state index >= 15 is 0 Å². The van der Waals surface area contributed by atoms with Crippen molar-refractivity contribution in [1.29, 1.82) is 0 Å². The van der Waals surface area contributed by atoms with Gasteiger partial charge in [0.05, 0.1) is 7.11 Å². The molecular formula is C19H24N2O3. The number of hydrogen-bond acceptors (Lipinski definition) is 4. The largest absolute Gasteiger partial charge is 0.503 e. The fourth-order valence-electron chi connectivity index (χ4n) is 2.53. The minimum atomic E-state index is -0.471. The number of carbonyl (C=O) groups excluding carboxylic acids is 1. The average Bonchev–Trinajstić information content (AvgIpc) is 2.49. The zero-order valence-electron chi connectivity index (χ0n) is 15.0. The molecule has 5 nitrogen and oxygen atoms in total. The maximum absolute atomic E-state index is 12.5. The van der Waals surface area contributed by atoms with Gasteiger partial charge in [0.2, 0.25) is 0 Å². The molecule has 0 aliphatic rings. The lowest BCUT2D eigenvalue weighted by Crippen LogP contribution is -2.17. The third-order valence-electron chi connectivity index (χ3n) is 3.96. The first-order valence-corrected chi connectivity index (χ1v) is 7.80. The van der Waals surface area contributed by atoms with Gasteiger partial charge < -0.3 is 15.2 Å². The van der Waals surface area contributed by atoms with E-state index < -0.39 is 5.91 Å². The summed E-state index contributed by atoms with van der Waals surface area (Å²) in [5.41, 5.74) is 3.85. The topological polar surface area (TPSA) is 71.5 Å². The molecule has 0 fully saturated rings. The predicted molar refractivity (Wildman–Crippen MR) is 95.0 cm³/mol. The summed E-state index contributed by atoms with van der Waals surface area (Å²) in [4.78, 5) is 16.5. The van der Waals surface area contributed by atoms with E-state index in [9.17, 15) is 9.90 Å². The summed E-state index contributed by atoms with van der Waals surface area (Å²) in [5.74, 6) is -0.521. The first-order chi connectivity index (χ1) is 11.1. The number of nitrogens with zero attached hydrogens (tertiary/aromatic N) is 1. The van der Waals surface area contributed by atoms with E-state index in [1.165, 1.54) is 24.9 Å². The Balaban J connectivity index is 2.37. The van der Waals surface area contributed by atoms with Crippen LogP contribution in [0.5, 0.6) is 11.5 Å². The second-order valence-corrected chi connectivity index (χ2v) is 6.90. The Labute approximate surface area is 142 Å². The normalized spacial score (nSPS) is 11.2. The number of ether oxygens (including phenoxy) is 1. The zero-order chi connectivity index (χ0) is 18.1. The summed E-state index contributed by atoms with van der Waals surface area (Å²) < 4.78 is 5.02. The standard InChI is InChI=1S/C19H24N2O3/c1-11-9-13(19(3,4)5)10-12(2)15(11)21-18(23)16-17(22)14(24-6)7-8-20-16/h7-10,22H,1-6H3,(H,21,23). The molecule has 0 unspecified atom stereocenters. The molecule has 0 spiro atoms. The van der Waals surface area contributed by atoms with Crippen LogP contribution in [0.3, 0.4) is 0 Å². The maximum atomic E-state index is 12.5. The van der Waals surface area contributed by atoms with Crippen molar-refractivity contribution in [1.82, 2.24) is 4.98 Å². The lowest BCUT2D eigenvalue weighted by atomic mass is 9.85. The van der Waals surface area contributed by atoms with Crippen LogP contribution in [-0.4, -0.2) is 23.1 Å². The fraction of sp³-hybridized carbons (Fsp3) is 0.368. The second kappa shape index (κ2) is 6.51. The highest BCUT2D eigenvalue weighted by Crippen LogP contribution is 2.31. The van der Waals surface area contributed by atoms with Crippen LogP contribution in [-0.2, 0) is 5.41 Å². The molecule has 1 aromatic heterocycles. The van der Waals surface area contributed by atoms with Crippen LogP contribution < -0.4 is 10.1 Å². The highest BCUT2D eigenvalue weighted by molar-refractivity contribution is 6.05. The summed E-state index contributed by atoms with van der Waals surface area (Å²) in [6, 6.07) is 5.64. The van der Waals surface area contributed by atoms with Crippen molar-refractivity contribution in [3.05, 3.63) is 46.8 Å². The van der Waals surface area contributed by atoms with Crippen LogP contribution >= 0.6 is 0 Å². The maximum Gasteiger partial charge on any atom is 0.278 e. The van der Waals surface area contributed by atoms with Gasteiger partial charge in [-0.1, -0.05) is 32.9 Å². The quantitative estimate of drug-likeness (QED) is 0.894. The fourth-order valence-corrected chi connectivity index (χ4v) is 2.53. The molecular weight excluding hydrogens is 304 g/mol. The van der Waals surface area contributed by atoms with E-state index in [-0.39, 0.29) is 22.6 Å². The van der Waals surface area contributed by atoms with E-state index in [0.717, 1.165) is 16.8 Å². The third-order valence-corrected chi connectivity index (χ3v) is 3.96. The molecule has 0 atom stereocenters. The van der Waals surface area contributed by atoms with Crippen LogP contribution in [0.4, 0.5) is 5.69 Å². The van der Waals surface area contributed by atoms with E-state index in [0.29, 0.717) is 0 Å². The van der Waals surface area contributed by atoms with Crippen molar-refractivity contribution >= 4 is 11.6 Å². The molecule has 24 heavy (non-hydrogen) atoms. The van der Waals surface area contributed by atoms with E-state index in [1.54, 1.807) is 0 Å². The summed E-state index contributed by atoms with van der Waals surface area (Å²) in [5, 5.41) is 12.9. The van der Waals surface area contributed by atoms with Crippen molar-refractivity contribution in [2.75, 3.05) is 12.4 Å². The van der Waals surface area contributed by atoms with E-state index in [2.05, 4.69) is 43.2 Å². The first-order valence-electron chi connectivity index (χ1n) is 7.80. The molecule has 2 rings (SSSR count). The lowest BCUT2D eigenvalue weighted by Gasteiger charge is -2.22. The molecule has 0 saturated heterocycles. The molecule has 1 heterocycles. The van der Waals surface area contributed by atoms with Crippen LogP contribution in [0.25, 0.3) is 0 Å². The Morgan fingerprint density at radius 3 is 2.29 bits per heavy atom. The Morgan fingerprint density at radius 1 is 1.21 bits per heavy atom. The van der Waals surface area contributed by atoms with Gasteiger partial charge in [0, 0.05) is 18.0 Å². The van der Waals surface area contributed by atoms with Crippen molar-refractivity contribution in [3.8, 4) is 11.5 Å². The highest BCUT2D eigenvalue weighted by Gasteiger charge is 2.20. The number of aryl methyl sites for hydroxylation is 2. The number of benzene rings is 1. The molecule has 2 N–H and O–H groups in total. The molecule has 0 bridgehead atoms. The van der Waals surface area contributed by atoms with E-state index in [4.69, 9.17) is 4.74 Å². The second-order valence-electron chi connectivity index (χ2n) is 6.90. The van der Waals surface area contributed by atoms with Gasteiger partial charge in [-0.15, -0.1) is 0 Å². The van der Waals surface area contributed by atoms with Crippen LogP contribution in [0, 0.1) is 13.8 Å². The van der Waals surface area contributed by atoms with Gasteiger partial charge in [0.1, 0.15) is 0 Å². The number of rotatable bonds is 3. The van der Waals surface area contributed by atoms with Crippen molar-refractivity contribution in [3.63, 3.8) is 0 Å². The Bertz CT molecular complexity index is 754. The number of methoxy groups -OCH3 is 1. The van der Waals surface area contributed by atoms with Gasteiger partial charge in [-0.3, -0.25) is 4.79 Å². The number of anilines is 1. The number of amides is 1. The smallest absolute Gasteiger partial charge is 0.278 e. The van der Waals surface area contributed by atoms with Crippen molar-refractivity contribution < 1.29 is 14.6 Å². The van der Waals surface area contributed by atoms with Gasteiger partial charge in [-0.2, -0.15) is 0 Å². The van der Waals surface area contributed by atoms with Crippen LogP contribution in [0.2, 0.25) is 0 Å². The number of carbonyl (C=O) groups is 1. The molecule has 0 aliphatic heterocycles. The van der Waals surface area contributed by atoms with Crippen molar-refractivity contribution in [2.24, 2.45) is 0 Å². The molecule has 1 amide bonds. The zero-order valence-corrected chi connectivity index (χ0v) is 15.0. The van der Waals surface area contributed by atoms with Gasteiger partial charge in [0.15, 0.2) is 17.2 Å². The minimum Gasteiger partial charge on any atom is -0.503 e. The number of aromatic nitrogens is 1. The first kappa shape index (κ1) is 17.8. The van der Waals surface area contributed by atoms with Gasteiger partial charge in [-0.05, 0) is 36.0 Å². The van der Waals surface area contributed by atoms with Crippen LogP contribution in [0.15, 0.2) is 24.4 Å². The van der Waals surface area contributed by atoms with Gasteiger partial charge >= 0.3 is 0 Å². The van der Waals surface area contributed by atoms with Gasteiger partial charge in [0.25, 0.3) is 5.91 Å². The monoisotopic (exact) mass is 328 g/mol. The molecule has 1 aromatic carbocycles. The summed E-state index contributed by atoms with van der Waals surface area (Å²) in [7, 11) is 1.43. The Hall–Kier alpha value is -2.56. The molecule has 0 aliphatic carbocycles. The SMILES string of the molecule is COc1ccnc(C(=O)Nc2c(C)cc(C(C)(C)C)cc2C)c1O. The predicted octanol–water partition coefficient (Wildman–Crippen LogP) is 3.96. The average molecular weight is 328 g/mol. The summed E-state index contributed by atoms with van der Waals surface area (Å²) >= 11 is 0. The molecule has 2 aromatic rings. The minimum absolute atomic E-state index is 0.0324. The molecule has 128 valence electrons.